The van der Waals surface area contributed by atoms with Gasteiger partial charge in [-0.1, -0.05) is 32.0 Å². The van der Waals surface area contributed by atoms with E-state index in [1.165, 1.54) is 41.5 Å². The van der Waals surface area contributed by atoms with Crippen LogP contribution in [0.1, 0.15) is 38.0 Å². The number of likely N-dealkylation sites (tertiary alicyclic amines) is 1. The fourth-order valence-electron chi connectivity index (χ4n) is 4.70. The molecule has 6 heteroatoms. The van der Waals surface area contributed by atoms with Crippen LogP contribution >= 0.6 is 11.3 Å². The van der Waals surface area contributed by atoms with Crippen LogP contribution in [0.5, 0.6) is 0 Å². The van der Waals surface area contributed by atoms with Crippen LogP contribution in [0.3, 0.4) is 0 Å². The zero-order chi connectivity index (χ0) is 24.1. The molecular weight excluding hydrogens is 438 g/mol. The SMILES string of the molecule is CC.CN1CCCC1CCn1c(-c2ccc(N)cc2)cc2cc(N=C(N)c3cccs3)ccc21. The molecule has 1 fully saturated rings. The Hall–Kier alpha value is -3.09. The average molecular weight is 474 g/mol. The summed E-state index contributed by atoms with van der Waals surface area (Å²) < 4.78 is 2.45. The summed E-state index contributed by atoms with van der Waals surface area (Å²) in [5.74, 6) is 0.557. The number of nitrogens with zero attached hydrogens (tertiary/aromatic N) is 3. The van der Waals surface area contributed by atoms with Crippen LogP contribution in [0.2, 0.25) is 0 Å². The first-order valence-corrected chi connectivity index (χ1v) is 13.0. The quantitative estimate of drug-likeness (QED) is 0.191. The number of rotatable bonds is 6. The minimum absolute atomic E-state index is 0.557. The van der Waals surface area contributed by atoms with Gasteiger partial charge in [0, 0.05) is 34.9 Å². The van der Waals surface area contributed by atoms with Gasteiger partial charge in [-0.3, -0.25) is 0 Å². The van der Waals surface area contributed by atoms with Crippen molar-refractivity contribution >= 4 is 39.5 Å². The molecule has 0 radical (unpaired) electrons. The Balaban J connectivity index is 0.00000133. The van der Waals surface area contributed by atoms with E-state index in [4.69, 9.17) is 11.5 Å². The van der Waals surface area contributed by atoms with Gasteiger partial charge >= 0.3 is 0 Å². The molecule has 1 saturated heterocycles. The number of aryl methyl sites for hydroxylation is 1. The molecule has 4 N–H and O–H groups in total. The van der Waals surface area contributed by atoms with E-state index < -0.39 is 0 Å². The number of amidine groups is 1. The molecule has 34 heavy (non-hydrogen) atoms. The van der Waals surface area contributed by atoms with Crippen molar-refractivity contribution < 1.29 is 0 Å². The van der Waals surface area contributed by atoms with E-state index in [0.717, 1.165) is 29.2 Å². The van der Waals surface area contributed by atoms with Crippen molar-refractivity contribution in [3.05, 3.63) is 70.9 Å². The van der Waals surface area contributed by atoms with Crippen molar-refractivity contribution in [2.45, 2.75) is 45.7 Å². The van der Waals surface area contributed by atoms with E-state index in [-0.39, 0.29) is 0 Å². The lowest BCUT2D eigenvalue weighted by Crippen LogP contribution is -2.26. The molecule has 2 aromatic carbocycles. The summed E-state index contributed by atoms with van der Waals surface area (Å²) in [6, 6.07) is 21.4. The van der Waals surface area contributed by atoms with Gasteiger partial charge in [-0.25, -0.2) is 4.99 Å². The third-order valence-corrected chi connectivity index (χ3v) is 7.36. The third kappa shape index (κ3) is 5.18. The maximum atomic E-state index is 6.23. The second kappa shape index (κ2) is 10.9. The number of nitrogens with two attached hydrogens (primary N) is 2. The summed E-state index contributed by atoms with van der Waals surface area (Å²) in [4.78, 5) is 8.15. The summed E-state index contributed by atoms with van der Waals surface area (Å²) in [5.41, 5.74) is 17.4. The Labute approximate surface area is 206 Å². The van der Waals surface area contributed by atoms with Crippen LogP contribution in [0, 0.1) is 0 Å². The average Bonchev–Trinajstić information content (AvgIpc) is 3.60. The van der Waals surface area contributed by atoms with Crippen LogP contribution in [0.15, 0.2) is 71.0 Å². The summed E-state index contributed by atoms with van der Waals surface area (Å²) in [6.07, 6.45) is 3.73. The Kier molecular flexibility index (Phi) is 7.70. The first-order valence-electron chi connectivity index (χ1n) is 12.2. The second-order valence-corrected chi connectivity index (χ2v) is 9.53. The number of aliphatic imine (C=N–C) groups is 1. The minimum Gasteiger partial charge on any atom is -0.399 e. The summed E-state index contributed by atoms with van der Waals surface area (Å²) >= 11 is 1.60. The lowest BCUT2D eigenvalue weighted by molar-refractivity contribution is 0.287. The minimum atomic E-state index is 0.557. The number of hydrogen-bond donors (Lipinski definition) is 2. The topological polar surface area (TPSA) is 72.6 Å². The molecule has 1 unspecified atom stereocenters. The number of fused-ring (bicyclic) bond motifs is 1. The Bertz CT molecular complexity index is 1240. The van der Waals surface area contributed by atoms with Crippen LogP contribution in [0.25, 0.3) is 22.2 Å². The van der Waals surface area contributed by atoms with E-state index in [2.05, 4.69) is 57.9 Å². The first kappa shape index (κ1) is 24.0. The smallest absolute Gasteiger partial charge is 0.141 e. The molecule has 0 saturated carbocycles. The fourth-order valence-corrected chi connectivity index (χ4v) is 5.33. The standard InChI is InChI=1S/C26H29N5S.C2H6/c1-30-13-2-4-22(30)12-14-31-23-11-10-21(29-26(28)25-5-3-15-32-25)16-19(23)17-24(31)18-6-8-20(27)9-7-18;1-2/h3,5-11,15-17,22H,2,4,12-14,27H2,1H3,(H2,28,29);1-2H3. The van der Waals surface area contributed by atoms with Crippen molar-refractivity contribution in [2.75, 3.05) is 19.3 Å². The van der Waals surface area contributed by atoms with Crippen LogP contribution in [-0.2, 0) is 6.54 Å². The molecule has 1 atom stereocenters. The van der Waals surface area contributed by atoms with Gasteiger partial charge in [-0.2, -0.15) is 0 Å². The first-order chi connectivity index (χ1) is 16.6. The van der Waals surface area contributed by atoms with Crippen molar-refractivity contribution in [1.29, 1.82) is 0 Å². The van der Waals surface area contributed by atoms with Crippen LogP contribution in [-0.4, -0.2) is 34.9 Å². The van der Waals surface area contributed by atoms with Gasteiger partial charge in [0.15, 0.2) is 0 Å². The predicted molar refractivity (Wildman–Crippen MR) is 148 cm³/mol. The Morgan fingerprint density at radius 1 is 1.09 bits per heavy atom. The Morgan fingerprint density at radius 3 is 2.56 bits per heavy atom. The van der Waals surface area contributed by atoms with Crippen molar-refractivity contribution in [1.82, 2.24) is 9.47 Å². The molecule has 0 bridgehead atoms. The van der Waals surface area contributed by atoms with Gasteiger partial charge in [0.2, 0.25) is 0 Å². The van der Waals surface area contributed by atoms with Crippen molar-refractivity contribution in [3.63, 3.8) is 0 Å². The lowest BCUT2D eigenvalue weighted by Gasteiger charge is -2.21. The molecule has 178 valence electrons. The molecule has 2 aromatic heterocycles. The highest BCUT2D eigenvalue weighted by Crippen LogP contribution is 2.32. The Morgan fingerprint density at radius 2 is 1.88 bits per heavy atom. The summed E-state index contributed by atoms with van der Waals surface area (Å²) in [5, 5.41) is 3.19. The van der Waals surface area contributed by atoms with E-state index in [1.807, 2.05) is 43.5 Å². The monoisotopic (exact) mass is 473 g/mol. The normalized spacial score (nSPS) is 16.6. The maximum absolute atomic E-state index is 6.23. The van der Waals surface area contributed by atoms with E-state index in [9.17, 15) is 0 Å². The molecule has 5 nitrogen and oxygen atoms in total. The lowest BCUT2D eigenvalue weighted by atomic mass is 10.1. The predicted octanol–water partition coefficient (Wildman–Crippen LogP) is 6.50. The summed E-state index contributed by atoms with van der Waals surface area (Å²) in [6.45, 7) is 6.19. The van der Waals surface area contributed by atoms with Gasteiger partial charge in [0.25, 0.3) is 0 Å². The highest BCUT2D eigenvalue weighted by atomic mass is 32.1. The molecule has 0 spiro atoms. The van der Waals surface area contributed by atoms with E-state index in [1.54, 1.807) is 11.3 Å². The van der Waals surface area contributed by atoms with Gasteiger partial charge in [0.05, 0.1) is 10.6 Å². The number of aromatic nitrogens is 1. The maximum Gasteiger partial charge on any atom is 0.141 e. The molecule has 0 amide bonds. The van der Waals surface area contributed by atoms with Crippen molar-refractivity contribution in [3.8, 4) is 11.3 Å². The van der Waals surface area contributed by atoms with E-state index in [0.29, 0.717) is 11.9 Å². The zero-order valence-electron chi connectivity index (χ0n) is 20.4. The number of hydrogen-bond acceptors (Lipinski definition) is 4. The zero-order valence-corrected chi connectivity index (χ0v) is 21.2. The van der Waals surface area contributed by atoms with Gasteiger partial charge in [0.1, 0.15) is 5.84 Å². The third-order valence-electron chi connectivity index (χ3n) is 6.47. The molecule has 0 aliphatic carbocycles. The van der Waals surface area contributed by atoms with Crippen LogP contribution < -0.4 is 11.5 Å². The molecule has 4 aromatic rings. The molecule has 1 aliphatic rings. The van der Waals surface area contributed by atoms with E-state index >= 15 is 0 Å². The largest absolute Gasteiger partial charge is 0.399 e. The number of benzene rings is 2. The van der Waals surface area contributed by atoms with Crippen LogP contribution in [0.4, 0.5) is 11.4 Å². The fraction of sp³-hybridized carbons (Fsp3) is 0.321. The molecule has 5 rings (SSSR count). The second-order valence-electron chi connectivity index (χ2n) is 8.59. The highest BCUT2D eigenvalue weighted by molar-refractivity contribution is 7.12. The number of anilines is 1. The number of nitrogen functional groups attached to an aromatic ring is 1. The van der Waals surface area contributed by atoms with Gasteiger partial charge in [-0.05, 0) is 86.3 Å². The highest BCUT2D eigenvalue weighted by Gasteiger charge is 2.21. The number of thiophene rings is 1. The molecule has 3 heterocycles. The van der Waals surface area contributed by atoms with Gasteiger partial charge in [-0.15, -0.1) is 11.3 Å². The summed E-state index contributed by atoms with van der Waals surface area (Å²) in [7, 11) is 2.24. The van der Waals surface area contributed by atoms with Gasteiger partial charge < -0.3 is 20.9 Å². The van der Waals surface area contributed by atoms with Crippen molar-refractivity contribution in [2.24, 2.45) is 10.7 Å². The molecular formula is C28H35N5S. The molecule has 1 aliphatic heterocycles.